The van der Waals surface area contributed by atoms with E-state index in [4.69, 9.17) is 0 Å². The number of carbonyl (C=O) groups excluding carboxylic acids is 1. The standard InChI is InChI=1S/C21H30N4O3S/c1-15-7-5-6-8-18(15)11-22-21(26)13-24(4)12-20-16(2)23-25(17(20)3)19-9-10-29(27,28)14-19/h5-8,19H,9-14H2,1-4H3,(H,22,26)/t19-/m1/s1. The SMILES string of the molecule is Cc1ccccc1CNC(=O)CN(C)Cc1c(C)nn([C@@H]2CCS(=O)(=O)C2)c1C. The Kier molecular flexibility index (Phi) is 6.43. The van der Waals surface area contributed by atoms with Crippen molar-refractivity contribution in [2.75, 3.05) is 25.1 Å². The molecule has 3 rings (SSSR count). The van der Waals surface area contributed by atoms with Gasteiger partial charge in [-0.05, 0) is 45.4 Å². The number of aromatic nitrogens is 2. The quantitative estimate of drug-likeness (QED) is 0.743. The zero-order valence-corrected chi connectivity index (χ0v) is 18.4. The lowest BCUT2D eigenvalue weighted by atomic mass is 10.1. The number of carbonyl (C=O) groups is 1. The number of amides is 1. The largest absolute Gasteiger partial charge is 0.351 e. The van der Waals surface area contributed by atoms with Crippen molar-refractivity contribution in [2.45, 2.75) is 46.3 Å². The van der Waals surface area contributed by atoms with Gasteiger partial charge < -0.3 is 5.32 Å². The van der Waals surface area contributed by atoms with Crippen LogP contribution in [0.1, 0.15) is 40.5 Å². The van der Waals surface area contributed by atoms with Crippen LogP contribution in [-0.4, -0.2) is 54.1 Å². The molecule has 8 heteroatoms. The average molecular weight is 419 g/mol. The molecule has 1 aromatic carbocycles. The van der Waals surface area contributed by atoms with Crippen molar-refractivity contribution in [3.63, 3.8) is 0 Å². The number of sulfone groups is 1. The van der Waals surface area contributed by atoms with Gasteiger partial charge in [-0.25, -0.2) is 8.42 Å². The molecule has 0 unspecified atom stereocenters. The molecule has 2 heterocycles. The number of hydrogen-bond acceptors (Lipinski definition) is 5. The molecule has 1 atom stereocenters. The van der Waals surface area contributed by atoms with E-state index in [0.29, 0.717) is 19.5 Å². The monoisotopic (exact) mass is 418 g/mol. The van der Waals surface area contributed by atoms with Crippen LogP contribution in [0, 0.1) is 20.8 Å². The Labute approximate surface area is 173 Å². The summed E-state index contributed by atoms with van der Waals surface area (Å²) in [5.41, 5.74) is 5.20. The number of hydrogen-bond donors (Lipinski definition) is 1. The summed E-state index contributed by atoms with van der Waals surface area (Å²) in [4.78, 5) is 14.3. The highest BCUT2D eigenvalue weighted by atomic mass is 32.2. The van der Waals surface area contributed by atoms with Crippen LogP contribution in [0.3, 0.4) is 0 Å². The maximum absolute atomic E-state index is 12.3. The first kappa shape index (κ1) is 21.5. The summed E-state index contributed by atoms with van der Waals surface area (Å²) in [6, 6.07) is 7.92. The molecular formula is C21H30N4O3S. The molecule has 1 aliphatic rings. The van der Waals surface area contributed by atoms with Gasteiger partial charge in [-0.1, -0.05) is 24.3 Å². The molecule has 0 bridgehead atoms. The smallest absolute Gasteiger partial charge is 0.234 e. The van der Waals surface area contributed by atoms with Crippen molar-refractivity contribution in [2.24, 2.45) is 0 Å². The summed E-state index contributed by atoms with van der Waals surface area (Å²) in [6.45, 7) is 7.35. The molecule has 1 fully saturated rings. The maximum Gasteiger partial charge on any atom is 0.234 e. The number of benzene rings is 1. The highest BCUT2D eigenvalue weighted by molar-refractivity contribution is 7.91. The highest BCUT2D eigenvalue weighted by Gasteiger charge is 2.31. The van der Waals surface area contributed by atoms with E-state index in [1.807, 2.05) is 61.7 Å². The summed E-state index contributed by atoms with van der Waals surface area (Å²) in [5, 5.41) is 7.58. The van der Waals surface area contributed by atoms with Crippen LogP contribution in [0.2, 0.25) is 0 Å². The minimum atomic E-state index is -2.96. The van der Waals surface area contributed by atoms with E-state index < -0.39 is 9.84 Å². The summed E-state index contributed by atoms with van der Waals surface area (Å²) in [5.74, 6) is 0.359. The van der Waals surface area contributed by atoms with Crippen LogP contribution in [0.15, 0.2) is 24.3 Å². The normalized spacial score (nSPS) is 18.3. The van der Waals surface area contributed by atoms with Gasteiger partial charge in [0, 0.05) is 24.3 Å². The van der Waals surface area contributed by atoms with E-state index in [1.165, 1.54) is 0 Å². The van der Waals surface area contributed by atoms with Crippen LogP contribution < -0.4 is 5.32 Å². The number of nitrogens with zero attached hydrogens (tertiary/aromatic N) is 3. The number of likely N-dealkylation sites (N-methyl/N-ethyl adjacent to an activating group) is 1. The van der Waals surface area contributed by atoms with Crippen molar-refractivity contribution >= 4 is 15.7 Å². The molecule has 1 aromatic heterocycles. The number of aryl methyl sites for hydroxylation is 2. The summed E-state index contributed by atoms with van der Waals surface area (Å²) < 4.78 is 25.5. The van der Waals surface area contributed by atoms with E-state index in [0.717, 1.165) is 28.1 Å². The van der Waals surface area contributed by atoms with Gasteiger partial charge in [0.05, 0.1) is 29.8 Å². The first-order valence-corrected chi connectivity index (χ1v) is 11.7. The minimum absolute atomic E-state index is 0.0275. The van der Waals surface area contributed by atoms with E-state index in [2.05, 4.69) is 10.4 Å². The molecule has 1 aliphatic heterocycles. The van der Waals surface area contributed by atoms with Gasteiger partial charge in [-0.2, -0.15) is 5.10 Å². The predicted molar refractivity (Wildman–Crippen MR) is 113 cm³/mol. The Morgan fingerprint density at radius 2 is 2.00 bits per heavy atom. The molecule has 0 spiro atoms. The van der Waals surface area contributed by atoms with Crippen LogP contribution >= 0.6 is 0 Å². The zero-order chi connectivity index (χ0) is 21.2. The summed E-state index contributed by atoms with van der Waals surface area (Å²) >= 11 is 0. The van der Waals surface area contributed by atoms with Gasteiger partial charge in [0.1, 0.15) is 0 Å². The highest BCUT2D eigenvalue weighted by Crippen LogP contribution is 2.27. The Balaban J connectivity index is 1.58. The Morgan fingerprint density at radius 1 is 1.28 bits per heavy atom. The molecule has 1 saturated heterocycles. The second-order valence-electron chi connectivity index (χ2n) is 8.03. The lowest BCUT2D eigenvalue weighted by Crippen LogP contribution is -2.34. The lowest BCUT2D eigenvalue weighted by Gasteiger charge is -2.17. The summed E-state index contributed by atoms with van der Waals surface area (Å²) in [6.07, 6.45) is 0.612. The second kappa shape index (κ2) is 8.67. The van der Waals surface area contributed by atoms with E-state index in [9.17, 15) is 13.2 Å². The van der Waals surface area contributed by atoms with Gasteiger partial charge in [0.2, 0.25) is 5.91 Å². The third-order valence-electron chi connectivity index (χ3n) is 5.61. The van der Waals surface area contributed by atoms with Crippen molar-refractivity contribution in [3.05, 3.63) is 52.3 Å². The topological polar surface area (TPSA) is 84.3 Å². The maximum atomic E-state index is 12.3. The molecule has 2 aromatic rings. The first-order chi connectivity index (χ1) is 13.7. The average Bonchev–Trinajstić information content (AvgIpc) is 3.14. The molecule has 1 amide bonds. The zero-order valence-electron chi connectivity index (χ0n) is 17.6. The third kappa shape index (κ3) is 5.25. The van der Waals surface area contributed by atoms with Gasteiger partial charge >= 0.3 is 0 Å². The molecule has 7 nitrogen and oxygen atoms in total. The first-order valence-electron chi connectivity index (χ1n) is 9.91. The van der Waals surface area contributed by atoms with Crippen molar-refractivity contribution in [3.8, 4) is 0 Å². The Bertz CT molecular complexity index is 997. The van der Waals surface area contributed by atoms with Crippen LogP contribution in [0.4, 0.5) is 0 Å². The lowest BCUT2D eigenvalue weighted by molar-refractivity contribution is -0.122. The number of nitrogens with one attached hydrogen (secondary N) is 1. The van der Waals surface area contributed by atoms with Gasteiger partial charge in [-0.15, -0.1) is 0 Å². The number of rotatable bonds is 7. The third-order valence-corrected chi connectivity index (χ3v) is 7.36. The fourth-order valence-corrected chi connectivity index (χ4v) is 5.57. The van der Waals surface area contributed by atoms with E-state index >= 15 is 0 Å². The second-order valence-corrected chi connectivity index (χ2v) is 10.3. The van der Waals surface area contributed by atoms with Gasteiger partial charge in [0.15, 0.2) is 9.84 Å². The Morgan fingerprint density at radius 3 is 2.66 bits per heavy atom. The van der Waals surface area contributed by atoms with Crippen LogP contribution in [0.5, 0.6) is 0 Å². The molecule has 0 radical (unpaired) electrons. The van der Waals surface area contributed by atoms with E-state index in [1.54, 1.807) is 0 Å². The predicted octanol–water partition coefficient (Wildman–Crippen LogP) is 1.92. The molecule has 29 heavy (non-hydrogen) atoms. The summed E-state index contributed by atoms with van der Waals surface area (Å²) in [7, 11) is -1.05. The molecular weight excluding hydrogens is 388 g/mol. The van der Waals surface area contributed by atoms with Gasteiger partial charge in [-0.3, -0.25) is 14.4 Å². The van der Waals surface area contributed by atoms with Gasteiger partial charge in [0.25, 0.3) is 0 Å². The fraction of sp³-hybridized carbons (Fsp3) is 0.524. The van der Waals surface area contributed by atoms with Crippen molar-refractivity contribution in [1.29, 1.82) is 0 Å². The molecule has 0 saturated carbocycles. The molecule has 1 N–H and O–H groups in total. The van der Waals surface area contributed by atoms with Crippen molar-refractivity contribution < 1.29 is 13.2 Å². The van der Waals surface area contributed by atoms with Crippen LogP contribution in [0.25, 0.3) is 0 Å². The Hall–Kier alpha value is -2.19. The molecule has 0 aliphatic carbocycles. The van der Waals surface area contributed by atoms with Crippen molar-refractivity contribution in [1.82, 2.24) is 20.0 Å². The molecule has 158 valence electrons. The fourth-order valence-electron chi connectivity index (χ4n) is 3.88. The minimum Gasteiger partial charge on any atom is -0.351 e. The van der Waals surface area contributed by atoms with E-state index in [-0.39, 0.29) is 30.0 Å². The van der Waals surface area contributed by atoms with Crippen LogP contribution in [-0.2, 0) is 27.7 Å².